The van der Waals surface area contributed by atoms with Crippen LogP contribution >= 0.6 is 0 Å². The minimum atomic E-state index is -0.340. The summed E-state index contributed by atoms with van der Waals surface area (Å²) in [5, 5.41) is 12.1. The summed E-state index contributed by atoms with van der Waals surface area (Å²) in [6, 6.07) is 0. The molecule has 2 rings (SSSR count). The maximum atomic E-state index is 11.8. The van der Waals surface area contributed by atoms with E-state index in [2.05, 4.69) is 5.16 Å². The average Bonchev–Trinajstić information content (AvgIpc) is 2.55. The topological polar surface area (TPSA) is 49.7 Å². The van der Waals surface area contributed by atoms with Crippen LogP contribution in [0.15, 0.2) is 5.16 Å². The smallest absolute Gasteiger partial charge is 0.144 e. The molecular formula is C10H15NO2. The Morgan fingerprint density at radius 1 is 1.15 bits per heavy atom. The fourth-order valence-electron chi connectivity index (χ4n) is 2.75. The Hall–Kier alpha value is -0.860. The summed E-state index contributed by atoms with van der Waals surface area (Å²) >= 11 is 0. The molecule has 2 aliphatic rings. The molecule has 1 spiro atoms. The molecule has 1 atom stereocenters. The van der Waals surface area contributed by atoms with Crippen LogP contribution in [-0.4, -0.2) is 16.7 Å². The van der Waals surface area contributed by atoms with Gasteiger partial charge in [-0.15, -0.1) is 0 Å². The van der Waals surface area contributed by atoms with Crippen LogP contribution in [0.25, 0.3) is 0 Å². The monoisotopic (exact) mass is 181 g/mol. The predicted octanol–water partition coefficient (Wildman–Crippen LogP) is 2.13. The zero-order valence-electron chi connectivity index (χ0n) is 7.75. The van der Waals surface area contributed by atoms with Gasteiger partial charge in [-0.05, 0) is 32.1 Å². The molecule has 0 aliphatic heterocycles. The normalized spacial score (nSPS) is 37.5. The molecule has 0 aromatic carbocycles. The summed E-state index contributed by atoms with van der Waals surface area (Å²) in [5.74, 6) is 0.309. The molecule has 0 saturated heterocycles. The Balaban J connectivity index is 2.30. The molecule has 0 heterocycles. The summed E-state index contributed by atoms with van der Waals surface area (Å²) in [6.07, 6.45) is 6.42. The molecular weight excluding hydrogens is 166 g/mol. The fourth-order valence-corrected chi connectivity index (χ4v) is 2.75. The molecule has 0 bridgehead atoms. The lowest BCUT2D eigenvalue weighted by Gasteiger charge is -2.31. The first-order valence-electron chi connectivity index (χ1n) is 5.04. The second-order valence-corrected chi connectivity index (χ2v) is 4.11. The number of hydrogen-bond acceptors (Lipinski definition) is 3. The quantitative estimate of drug-likeness (QED) is 0.459. The Kier molecular flexibility index (Phi) is 2.10. The molecule has 0 aromatic rings. The number of hydrogen-bond donors (Lipinski definition) is 1. The molecule has 2 saturated carbocycles. The molecule has 2 aliphatic carbocycles. The maximum Gasteiger partial charge on any atom is 0.144 e. The summed E-state index contributed by atoms with van der Waals surface area (Å²) in [6.45, 7) is 0. The van der Waals surface area contributed by atoms with E-state index in [1.54, 1.807) is 0 Å². The van der Waals surface area contributed by atoms with Gasteiger partial charge in [0.1, 0.15) is 5.78 Å². The van der Waals surface area contributed by atoms with E-state index in [4.69, 9.17) is 5.21 Å². The van der Waals surface area contributed by atoms with Crippen LogP contribution in [0.5, 0.6) is 0 Å². The molecule has 3 heteroatoms. The van der Waals surface area contributed by atoms with Crippen LogP contribution in [0.1, 0.15) is 44.9 Å². The highest BCUT2D eigenvalue weighted by molar-refractivity contribution is 6.10. The van der Waals surface area contributed by atoms with Crippen molar-refractivity contribution in [2.75, 3.05) is 0 Å². The zero-order chi connectivity index (χ0) is 9.31. The zero-order valence-corrected chi connectivity index (χ0v) is 7.75. The highest BCUT2D eigenvalue weighted by Crippen LogP contribution is 2.44. The van der Waals surface area contributed by atoms with E-state index in [-0.39, 0.29) is 5.41 Å². The second-order valence-electron chi connectivity index (χ2n) is 4.11. The maximum absolute atomic E-state index is 11.8. The Bertz CT molecular complexity index is 260. The largest absolute Gasteiger partial charge is 0.411 e. The van der Waals surface area contributed by atoms with Crippen molar-refractivity contribution in [1.29, 1.82) is 0 Å². The van der Waals surface area contributed by atoms with Crippen LogP contribution in [0, 0.1) is 5.41 Å². The van der Waals surface area contributed by atoms with E-state index < -0.39 is 0 Å². The molecule has 2 fully saturated rings. The number of Topliss-reactive ketones (excluding diaryl/α,β-unsaturated/α-hetero) is 1. The van der Waals surface area contributed by atoms with Gasteiger partial charge in [-0.3, -0.25) is 4.79 Å². The van der Waals surface area contributed by atoms with Gasteiger partial charge >= 0.3 is 0 Å². The molecule has 0 radical (unpaired) electrons. The Morgan fingerprint density at radius 2 is 1.92 bits per heavy atom. The van der Waals surface area contributed by atoms with Crippen molar-refractivity contribution in [3.63, 3.8) is 0 Å². The van der Waals surface area contributed by atoms with Crippen molar-refractivity contribution in [1.82, 2.24) is 0 Å². The average molecular weight is 181 g/mol. The number of carbonyl (C=O) groups excluding carboxylic acids is 1. The van der Waals surface area contributed by atoms with Gasteiger partial charge in [0.2, 0.25) is 0 Å². The molecule has 0 aromatic heterocycles. The van der Waals surface area contributed by atoms with Crippen LogP contribution in [-0.2, 0) is 4.79 Å². The van der Waals surface area contributed by atoms with Gasteiger partial charge in [0.25, 0.3) is 0 Å². The van der Waals surface area contributed by atoms with Crippen molar-refractivity contribution in [2.45, 2.75) is 44.9 Å². The molecule has 72 valence electrons. The van der Waals surface area contributed by atoms with Gasteiger partial charge in [0.15, 0.2) is 0 Å². The van der Waals surface area contributed by atoms with E-state index in [1.807, 2.05) is 0 Å². The molecule has 0 amide bonds. The van der Waals surface area contributed by atoms with Crippen LogP contribution in [0.2, 0.25) is 0 Å². The van der Waals surface area contributed by atoms with E-state index in [0.29, 0.717) is 12.2 Å². The second kappa shape index (κ2) is 3.13. The minimum absolute atomic E-state index is 0.309. The van der Waals surface area contributed by atoms with Gasteiger partial charge in [0, 0.05) is 6.42 Å². The summed E-state index contributed by atoms with van der Waals surface area (Å²) in [7, 11) is 0. The van der Waals surface area contributed by atoms with Gasteiger partial charge < -0.3 is 5.21 Å². The first kappa shape index (κ1) is 8.73. The van der Waals surface area contributed by atoms with E-state index in [0.717, 1.165) is 44.2 Å². The third-order valence-electron chi connectivity index (χ3n) is 3.48. The lowest BCUT2D eigenvalue weighted by molar-refractivity contribution is -0.127. The van der Waals surface area contributed by atoms with E-state index in [1.165, 1.54) is 0 Å². The third-order valence-corrected chi connectivity index (χ3v) is 3.48. The van der Waals surface area contributed by atoms with E-state index in [9.17, 15) is 4.79 Å². The number of ketones is 1. The molecule has 0 unspecified atom stereocenters. The highest BCUT2D eigenvalue weighted by Gasteiger charge is 2.47. The van der Waals surface area contributed by atoms with Crippen molar-refractivity contribution in [3.8, 4) is 0 Å². The van der Waals surface area contributed by atoms with Crippen LogP contribution < -0.4 is 0 Å². The Morgan fingerprint density at radius 3 is 2.62 bits per heavy atom. The first-order chi connectivity index (χ1) is 6.29. The lowest BCUT2D eigenvalue weighted by Crippen LogP contribution is -2.37. The van der Waals surface area contributed by atoms with Gasteiger partial charge in [-0.2, -0.15) is 0 Å². The number of nitrogens with zero attached hydrogens (tertiary/aromatic N) is 1. The minimum Gasteiger partial charge on any atom is -0.411 e. The summed E-state index contributed by atoms with van der Waals surface area (Å²) in [5.41, 5.74) is 0.407. The van der Waals surface area contributed by atoms with Crippen LogP contribution in [0.3, 0.4) is 0 Å². The standard InChI is InChI=1S/C10H15NO2/c12-9-5-1-2-6-10(9)7-3-4-8(10)11-13/h13H,1-7H2/b11-8+/t10-/m0/s1. The van der Waals surface area contributed by atoms with Gasteiger partial charge in [0.05, 0.1) is 11.1 Å². The van der Waals surface area contributed by atoms with E-state index >= 15 is 0 Å². The van der Waals surface area contributed by atoms with Gasteiger partial charge in [-0.25, -0.2) is 0 Å². The number of carbonyl (C=O) groups is 1. The lowest BCUT2D eigenvalue weighted by atomic mass is 9.71. The fraction of sp³-hybridized carbons (Fsp3) is 0.800. The molecule has 3 nitrogen and oxygen atoms in total. The predicted molar refractivity (Wildman–Crippen MR) is 49.0 cm³/mol. The first-order valence-corrected chi connectivity index (χ1v) is 5.04. The molecule has 1 N–H and O–H groups in total. The third kappa shape index (κ3) is 1.18. The van der Waals surface area contributed by atoms with Crippen LogP contribution in [0.4, 0.5) is 0 Å². The summed E-state index contributed by atoms with van der Waals surface area (Å²) < 4.78 is 0. The summed E-state index contributed by atoms with van der Waals surface area (Å²) in [4.78, 5) is 11.8. The van der Waals surface area contributed by atoms with Crippen molar-refractivity contribution >= 4 is 11.5 Å². The highest BCUT2D eigenvalue weighted by atomic mass is 16.4. The van der Waals surface area contributed by atoms with Crippen molar-refractivity contribution < 1.29 is 10.0 Å². The number of rotatable bonds is 0. The van der Waals surface area contributed by atoms with Crippen molar-refractivity contribution in [2.24, 2.45) is 10.6 Å². The number of oxime groups is 1. The SMILES string of the molecule is O=C1CCCC[C@@]12CCC/C2=N\O. The molecule has 13 heavy (non-hydrogen) atoms. The van der Waals surface area contributed by atoms with Gasteiger partial charge in [-0.1, -0.05) is 11.6 Å². The Labute approximate surface area is 77.8 Å². The van der Waals surface area contributed by atoms with Crippen molar-refractivity contribution in [3.05, 3.63) is 0 Å².